The monoisotopic (exact) mass is 298 g/mol. The topological polar surface area (TPSA) is 30.9 Å². The Bertz CT molecular complexity index is 191. The Labute approximate surface area is 97.1 Å². The third-order valence-corrected chi connectivity index (χ3v) is 11.4. The number of hydrogen-bond donors (Lipinski definition) is 0. The van der Waals surface area contributed by atoms with Crippen LogP contribution in [0.25, 0.3) is 0 Å². The first-order valence-corrected chi connectivity index (χ1v) is 12.0. The SMILES string of the molecule is C[Se+](C)C[Si]12OCCN(CCO1)CCO2. The van der Waals surface area contributed by atoms with Crippen molar-refractivity contribution in [2.45, 2.75) is 16.6 Å². The van der Waals surface area contributed by atoms with Crippen molar-refractivity contribution in [2.75, 3.05) is 39.5 Å². The molecule has 6 heteroatoms. The molecule has 0 amide bonds. The fourth-order valence-corrected chi connectivity index (χ4v) is 10.4. The van der Waals surface area contributed by atoms with E-state index in [0.717, 1.165) is 44.4 Å². The van der Waals surface area contributed by atoms with E-state index < -0.39 is 22.7 Å². The number of fused-ring (bicyclic) bond motifs is 6. The van der Waals surface area contributed by atoms with E-state index in [1.165, 1.54) is 0 Å². The van der Waals surface area contributed by atoms with Crippen LogP contribution in [0.1, 0.15) is 0 Å². The van der Waals surface area contributed by atoms with Crippen LogP contribution in [-0.4, -0.2) is 67.1 Å². The summed E-state index contributed by atoms with van der Waals surface area (Å²) in [5.41, 5.74) is 0. The first-order chi connectivity index (χ1) is 7.20. The van der Waals surface area contributed by atoms with Crippen molar-refractivity contribution in [2.24, 2.45) is 0 Å². The summed E-state index contributed by atoms with van der Waals surface area (Å²) >= 11 is -0.561. The van der Waals surface area contributed by atoms with Gasteiger partial charge in [-0.25, -0.2) is 0 Å². The third-order valence-electron chi connectivity index (χ3n) is 2.65. The molecule has 3 fully saturated rings. The molecule has 2 bridgehead atoms. The Balaban J connectivity index is 2.05. The van der Waals surface area contributed by atoms with Gasteiger partial charge in [0, 0.05) is 0 Å². The quantitative estimate of drug-likeness (QED) is 0.698. The van der Waals surface area contributed by atoms with Gasteiger partial charge in [0.05, 0.1) is 0 Å². The summed E-state index contributed by atoms with van der Waals surface area (Å²) in [6.07, 6.45) is 0. The molecule has 0 spiro atoms. The van der Waals surface area contributed by atoms with Gasteiger partial charge in [0.2, 0.25) is 0 Å². The van der Waals surface area contributed by atoms with E-state index in [9.17, 15) is 0 Å². The first kappa shape index (κ1) is 12.0. The van der Waals surface area contributed by atoms with E-state index in [0.29, 0.717) is 0 Å². The van der Waals surface area contributed by atoms with E-state index >= 15 is 0 Å². The molecule has 3 aliphatic heterocycles. The second kappa shape index (κ2) is 5.27. The normalized spacial score (nSPS) is 37.4. The Hall–Kier alpha value is 0.576. The standard InChI is InChI=1S/C9H20NO3SeSi/c1-14(2)9-15-11-6-3-10(4-7-12-15)5-8-13-15/h3-9H2,1-2H3/q+1. The molecule has 88 valence electrons. The van der Waals surface area contributed by atoms with Crippen molar-refractivity contribution in [1.82, 2.24) is 4.90 Å². The predicted octanol–water partition coefficient (Wildman–Crippen LogP) is 0.598. The average molecular weight is 297 g/mol. The molecule has 3 heterocycles. The molecule has 0 radical (unpaired) electrons. The molecule has 3 saturated heterocycles. The molecule has 15 heavy (non-hydrogen) atoms. The summed E-state index contributed by atoms with van der Waals surface area (Å²) in [4.78, 5) is 3.43. The van der Waals surface area contributed by atoms with Crippen LogP contribution >= 0.6 is 0 Å². The molecule has 0 aromatic rings. The van der Waals surface area contributed by atoms with Gasteiger partial charge in [0.15, 0.2) is 0 Å². The van der Waals surface area contributed by atoms with E-state index in [4.69, 9.17) is 13.3 Å². The first-order valence-electron chi connectivity index (χ1n) is 5.39. The molecule has 3 rings (SSSR count). The molecule has 0 aromatic heterocycles. The molecule has 4 nitrogen and oxygen atoms in total. The molecule has 0 N–H and O–H groups in total. The molecule has 0 aliphatic carbocycles. The van der Waals surface area contributed by atoms with Crippen molar-refractivity contribution in [3.05, 3.63) is 0 Å². The van der Waals surface area contributed by atoms with Crippen LogP contribution in [0.2, 0.25) is 16.6 Å². The summed E-state index contributed by atoms with van der Waals surface area (Å²) in [6.45, 7) is 5.47. The van der Waals surface area contributed by atoms with Crippen LogP contribution in [0.4, 0.5) is 0 Å². The van der Waals surface area contributed by atoms with Crippen molar-refractivity contribution in [3.63, 3.8) is 0 Å². The summed E-state index contributed by atoms with van der Waals surface area (Å²) in [6, 6.07) is 0. The molecular formula is C9H20NO3SeSi+. The number of nitrogens with zero attached hydrogens (tertiary/aromatic N) is 1. The minimum atomic E-state index is -2.26. The Morgan fingerprint density at radius 3 is 1.87 bits per heavy atom. The summed E-state index contributed by atoms with van der Waals surface area (Å²) in [5, 5.41) is 0. The van der Waals surface area contributed by atoms with Crippen LogP contribution in [0, 0.1) is 0 Å². The van der Waals surface area contributed by atoms with Crippen LogP contribution in [0.3, 0.4) is 0 Å². The zero-order valence-corrected chi connectivity index (χ0v) is 12.2. The van der Waals surface area contributed by atoms with Gasteiger partial charge in [-0.2, -0.15) is 0 Å². The van der Waals surface area contributed by atoms with Gasteiger partial charge in [-0.15, -0.1) is 0 Å². The van der Waals surface area contributed by atoms with E-state index in [1.807, 2.05) is 0 Å². The van der Waals surface area contributed by atoms with Gasteiger partial charge in [0.1, 0.15) is 0 Å². The summed E-state index contributed by atoms with van der Waals surface area (Å²) < 4.78 is 17.8. The summed E-state index contributed by atoms with van der Waals surface area (Å²) in [7, 11) is -2.26. The van der Waals surface area contributed by atoms with Crippen LogP contribution in [0.5, 0.6) is 0 Å². The van der Waals surface area contributed by atoms with Crippen LogP contribution in [-0.2, 0) is 13.3 Å². The van der Waals surface area contributed by atoms with E-state index in [-0.39, 0.29) is 0 Å². The van der Waals surface area contributed by atoms with E-state index in [1.54, 1.807) is 0 Å². The molecule has 3 aliphatic rings. The number of hydrogen-bond acceptors (Lipinski definition) is 4. The third kappa shape index (κ3) is 3.26. The zero-order valence-electron chi connectivity index (χ0n) is 9.53. The van der Waals surface area contributed by atoms with Crippen LogP contribution < -0.4 is 0 Å². The second-order valence-electron chi connectivity index (χ2n) is 4.20. The van der Waals surface area contributed by atoms with E-state index in [2.05, 4.69) is 16.5 Å². The molecule has 0 aromatic carbocycles. The van der Waals surface area contributed by atoms with Gasteiger partial charge in [-0.3, -0.25) is 0 Å². The van der Waals surface area contributed by atoms with Crippen molar-refractivity contribution < 1.29 is 13.3 Å². The van der Waals surface area contributed by atoms with Crippen molar-refractivity contribution in [1.29, 1.82) is 0 Å². The second-order valence-corrected chi connectivity index (χ2v) is 12.7. The maximum atomic E-state index is 5.94. The van der Waals surface area contributed by atoms with Gasteiger partial charge in [0.25, 0.3) is 0 Å². The Morgan fingerprint density at radius 2 is 1.47 bits per heavy atom. The molecule has 0 saturated carbocycles. The van der Waals surface area contributed by atoms with Crippen molar-refractivity contribution in [3.8, 4) is 0 Å². The van der Waals surface area contributed by atoms with Gasteiger partial charge in [-0.05, 0) is 0 Å². The zero-order chi connectivity index (χ0) is 10.7. The van der Waals surface area contributed by atoms with Gasteiger partial charge in [-0.1, -0.05) is 0 Å². The minimum absolute atomic E-state index is 0.561. The molecular weight excluding hydrogens is 277 g/mol. The van der Waals surface area contributed by atoms with Gasteiger partial charge < -0.3 is 0 Å². The maximum absolute atomic E-state index is 5.94. The number of rotatable bonds is 2. The predicted molar refractivity (Wildman–Crippen MR) is 62.3 cm³/mol. The summed E-state index contributed by atoms with van der Waals surface area (Å²) in [5.74, 6) is 4.64. The van der Waals surface area contributed by atoms with Crippen molar-refractivity contribution >= 4 is 22.7 Å². The Kier molecular flexibility index (Phi) is 4.23. The molecule has 0 unspecified atom stereocenters. The Morgan fingerprint density at radius 1 is 1.00 bits per heavy atom. The van der Waals surface area contributed by atoms with Crippen LogP contribution in [0.15, 0.2) is 0 Å². The molecule has 0 atom stereocenters. The average Bonchev–Trinajstić information content (AvgIpc) is 2.05. The fourth-order valence-electron chi connectivity index (χ4n) is 1.93. The van der Waals surface area contributed by atoms with Gasteiger partial charge >= 0.3 is 96.9 Å². The fraction of sp³-hybridized carbons (Fsp3) is 1.00.